The topological polar surface area (TPSA) is 143 Å². The van der Waals surface area contributed by atoms with Gasteiger partial charge in [0.25, 0.3) is 5.91 Å². The molecule has 0 fully saturated rings. The van der Waals surface area contributed by atoms with Gasteiger partial charge < -0.3 is 30.0 Å². The maximum absolute atomic E-state index is 13.3. The van der Waals surface area contributed by atoms with E-state index < -0.39 is 36.0 Å². The van der Waals surface area contributed by atoms with Crippen LogP contribution in [0.15, 0.2) is 60.7 Å². The Bertz CT molecular complexity index is 1480. The van der Waals surface area contributed by atoms with Crippen LogP contribution in [0.2, 0.25) is 0 Å². The van der Waals surface area contributed by atoms with E-state index in [1.165, 1.54) is 12.1 Å². The summed E-state index contributed by atoms with van der Waals surface area (Å²) in [6.07, 6.45) is 0.809. The van der Waals surface area contributed by atoms with Gasteiger partial charge in [-0.25, -0.2) is 4.79 Å². The van der Waals surface area contributed by atoms with Crippen molar-refractivity contribution in [2.75, 3.05) is 18.9 Å². The number of ether oxygens (including phenoxy) is 4. The number of hydrogen-bond acceptors (Lipinski definition) is 9. The fraction of sp³-hybridized carbons (Fsp3) is 0.312. The van der Waals surface area contributed by atoms with Crippen molar-refractivity contribution in [1.82, 2.24) is 5.32 Å². The van der Waals surface area contributed by atoms with Crippen LogP contribution in [0.1, 0.15) is 64.6 Å². The van der Waals surface area contributed by atoms with Gasteiger partial charge in [-0.3, -0.25) is 14.4 Å². The summed E-state index contributed by atoms with van der Waals surface area (Å²) < 4.78 is 22.4. The van der Waals surface area contributed by atoms with Crippen LogP contribution in [0, 0.1) is 0 Å². The molecule has 4 rings (SSSR count). The summed E-state index contributed by atoms with van der Waals surface area (Å²) in [5.41, 5.74) is 7.91. The van der Waals surface area contributed by atoms with Gasteiger partial charge in [0.15, 0.2) is 11.5 Å². The van der Waals surface area contributed by atoms with Gasteiger partial charge in [-0.15, -0.1) is 0 Å². The summed E-state index contributed by atoms with van der Waals surface area (Å²) >= 11 is 0. The summed E-state index contributed by atoms with van der Waals surface area (Å²) in [6.45, 7) is 5.03. The van der Waals surface area contributed by atoms with Gasteiger partial charge in [-0.05, 0) is 80.6 Å². The lowest BCUT2D eigenvalue weighted by Crippen LogP contribution is -2.35. The summed E-state index contributed by atoms with van der Waals surface area (Å²) in [4.78, 5) is 51.6. The van der Waals surface area contributed by atoms with Crippen molar-refractivity contribution in [3.05, 3.63) is 88.5 Å². The third-order valence-electron chi connectivity index (χ3n) is 6.15. The monoisotopic (exact) mass is 574 g/mol. The first-order valence-corrected chi connectivity index (χ1v) is 13.6. The number of benzene rings is 3. The number of rotatable bonds is 7. The molecule has 0 bridgehead atoms. The predicted molar refractivity (Wildman–Crippen MR) is 154 cm³/mol. The molecule has 3 N–H and O–H groups in total. The molecule has 10 heteroatoms. The minimum atomic E-state index is -0.730. The number of nitrogens with two attached hydrogens (primary N) is 1. The van der Waals surface area contributed by atoms with E-state index in [4.69, 9.17) is 24.7 Å². The molecule has 42 heavy (non-hydrogen) atoms. The molecule has 0 aliphatic carbocycles. The van der Waals surface area contributed by atoms with E-state index in [1.807, 2.05) is 30.3 Å². The van der Waals surface area contributed by atoms with E-state index >= 15 is 0 Å². The third-order valence-corrected chi connectivity index (χ3v) is 6.15. The van der Waals surface area contributed by atoms with Gasteiger partial charge >= 0.3 is 17.9 Å². The van der Waals surface area contributed by atoms with Crippen LogP contribution >= 0.6 is 0 Å². The van der Waals surface area contributed by atoms with E-state index in [-0.39, 0.29) is 36.7 Å². The van der Waals surface area contributed by atoms with Crippen LogP contribution in [0.4, 0.5) is 5.69 Å². The van der Waals surface area contributed by atoms with E-state index in [0.717, 1.165) is 5.56 Å². The maximum Gasteiger partial charge on any atom is 0.343 e. The van der Waals surface area contributed by atoms with E-state index in [1.54, 1.807) is 39.0 Å². The number of nitrogens with one attached hydrogen (secondary N) is 1. The Morgan fingerprint density at radius 2 is 1.74 bits per heavy atom. The molecule has 0 radical (unpaired) electrons. The van der Waals surface area contributed by atoms with Gasteiger partial charge in [-0.1, -0.05) is 30.3 Å². The zero-order valence-electron chi connectivity index (χ0n) is 23.9. The van der Waals surface area contributed by atoms with Crippen molar-refractivity contribution in [3.63, 3.8) is 0 Å². The van der Waals surface area contributed by atoms with E-state index in [9.17, 15) is 19.2 Å². The van der Waals surface area contributed by atoms with Gasteiger partial charge in [0.2, 0.25) is 0 Å². The number of anilines is 1. The molecule has 3 aromatic rings. The standard InChI is InChI=1S/C32H34N2O8/c1-32(2,3)42-28(36)18-34-30(37)25-14-21(16-27(35)40-19-20-8-5-4-6-9-20)15-26-29(25)39-13-7-10-22-17-23(33)11-12-24(22)31(38)41-26/h4-6,8-9,11-12,14-15,17H,7,10,13,16,18-19,33H2,1-3H3,(H,34,37). The Balaban J connectivity index is 1.63. The number of fused-ring (bicyclic) bond motifs is 2. The minimum Gasteiger partial charge on any atom is -0.489 e. The molecule has 1 aliphatic rings. The molecule has 0 saturated carbocycles. The fourth-order valence-electron chi connectivity index (χ4n) is 4.35. The molecule has 220 valence electrons. The second-order valence-electron chi connectivity index (χ2n) is 10.8. The molecule has 10 nitrogen and oxygen atoms in total. The number of esters is 3. The van der Waals surface area contributed by atoms with Crippen molar-refractivity contribution < 1.29 is 38.1 Å². The molecular weight excluding hydrogens is 540 g/mol. The number of amides is 1. The average molecular weight is 575 g/mol. The molecule has 0 unspecified atom stereocenters. The highest BCUT2D eigenvalue weighted by Crippen LogP contribution is 2.35. The van der Waals surface area contributed by atoms with Crippen LogP contribution in [-0.2, 0) is 38.5 Å². The van der Waals surface area contributed by atoms with Gasteiger partial charge in [0.05, 0.1) is 24.2 Å². The zero-order valence-corrected chi connectivity index (χ0v) is 23.9. The van der Waals surface area contributed by atoms with Crippen molar-refractivity contribution in [2.24, 2.45) is 0 Å². The summed E-state index contributed by atoms with van der Waals surface area (Å²) in [7, 11) is 0. The lowest BCUT2D eigenvalue weighted by Gasteiger charge is -2.21. The van der Waals surface area contributed by atoms with Crippen LogP contribution < -0.4 is 20.5 Å². The van der Waals surface area contributed by atoms with Gasteiger partial charge in [-0.2, -0.15) is 0 Å². The number of carbonyl (C=O) groups excluding carboxylic acids is 4. The lowest BCUT2D eigenvalue weighted by atomic mass is 10.0. The number of carbonyl (C=O) groups is 4. The Labute approximate surface area is 244 Å². The Hall–Kier alpha value is -4.86. The highest BCUT2D eigenvalue weighted by molar-refractivity contribution is 6.00. The molecule has 0 atom stereocenters. The molecule has 1 heterocycles. The Kier molecular flexibility index (Phi) is 9.46. The number of aryl methyl sites for hydroxylation is 1. The molecule has 0 saturated heterocycles. The minimum absolute atomic E-state index is 0.00665. The van der Waals surface area contributed by atoms with Crippen LogP contribution in [0.3, 0.4) is 0 Å². The molecule has 3 aromatic carbocycles. The quantitative estimate of drug-likeness (QED) is 0.241. The molecule has 1 aliphatic heterocycles. The van der Waals surface area contributed by atoms with Crippen molar-refractivity contribution in [1.29, 1.82) is 0 Å². The van der Waals surface area contributed by atoms with Crippen LogP contribution in [0.25, 0.3) is 0 Å². The first-order chi connectivity index (χ1) is 20.0. The molecule has 1 amide bonds. The summed E-state index contributed by atoms with van der Waals surface area (Å²) in [5, 5.41) is 2.53. The summed E-state index contributed by atoms with van der Waals surface area (Å²) in [6, 6.07) is 17.1. The highest BCUT2D eigenvalue weighted by atomic mass is 16.6. The smallest absolute Gasteiger partial charge is 0.343 e. The molecular formula is C32H34N2O8. The average Bonchev–Trinajstić information content (AvgIpc) is 2.93. The summed E-state index contributed by atoms with van der Waals surface area (Å²) in [5.74, 6) is -2.54. The van der Waals surface area contributed by atoms with Crippen molar-refractivity contribution >= 4 is 29.5 Å². The van der Waals surface area contributed by atoms with Gasteiger partial charge in [0.1, 0.15) is 18.8 Å². The van der Waals surface area contributed by atoms with E-state index in [0.29, 0.717) is 35.2 Å². The zero-order chi connectivity index (χ0) is 30.3. The highest BCUT2D eigenvalue weighted by Gasteiger charge is 2.26. The fourth-order valence-corrected chi connectivity index (χ4v) is 4.35. The Morgan fingerprint density at radius 3 is 2.48 bits per heavy atom. The van der Waals surface area contributed by atoms with Gasteiger partial charge in [0, 0.05) is 5.69 Å². The second kappa shape index (κ2) is 13.2. The predicted octanol–water partition coefficient (Wildman–Crippen LogP) is 4.17. The SMILES string of the molecule is CC(C)(C)OC(=O)CNC(=O)c1cc(CC(=O)OCc2ccccc2)cc2c1OCCCc1cc(N)ccc1C(=O)O2. The largest absolute Gasteiger partial charge is 0.489 e. The second-order valence-corrected chi connectivity index (χ2v) is 10.8. The molecule has 0 aromatic heterocycles. The van der Waals surface area contributed by atoms with Crippen LogP contribution in [-0.4, -0.2) is 42.6 Å². The van der Waals surface area contributed by atoms with Crippen molar-refractivity contribution in [3.8, 4) is 11.5 Å². The molecule has 0 spiro atoms. The Morgan fingerprint density at radius 1 is 0.976 bits per heavy atom. The van der Waals surface area contributed by atoms with E-state index in [2.05, 4.69) is 5.32 Å². The normalized spacial score (nSPS) is 13.0. The number of nitrogen functional groups attached to an aromatic ring is 1. The lowest BCUT2D eigenvalue weighted by molar-refractivity contribution is -0.153. The number of hydrogen-bond donors (Lipinski definition) is 2. The first-order valence-electron chi connectivity index (χ1n) is 13.6. The van der Waals surface area contributed by atoms with Crippen molar-refractivity contribution in [2.45, 2.75) is 52.2 Å². The first kappa shape index (κ1) is 30.1. The maximum atomic E-state index is 13.3. The third kappa shape index (κ3) is 8.33. The van der Waals surface area contributed by atoms with Crippen LogP contribution in [0.5, 0.6) is 11.5 Å².